The van der Waals surface area contributed by atoms with Crippen molar-refractivity contribution in [3.63, 3.8) is 0 Å². The molecule has 120 valence electrons. The Morgan fingerprint density at radius 2 is 2.13 bits per heavy atom. The highest BCUT2D eigenvalue weighted by atomic mass is 16.5. The molecule has 1 amide bonds. The molecule has 0 aliphatic carbocycles. The lowest BCUT2D eigenvalue weighted by atomic mass is 10.0. The number of ether oxygens (including phenoxy) is 1. The maximum atomic E-state index is 11.8. The molecule has 0 radical (unpaired) electrons. The minimum absolute atomic E-state index is 0.208. The first kappa shape index (κ1) is 15.0. The smallest absolute Gasteiger partial charge is 0.251 e. The van der Waals surface area contributed by atoms with Crippen molar-refractivity contribution in [1.82, 2.24) is 19.4 Å². The Morgan fingerprint density at radius 3 is 2.83 bits per heavy atom. The number of anilines is 1. The Hall–Kier alpha value is -2.87. The van der Waals surface area contributed by atoms with Gasteiger partial charge in [-0.25, -0.2) is 9.20 Å². The first-order valence-electron chi connectivity index (χ1n) is 7.25. The van der Waals surface area contributed by atoms with Crippen LogP contribution in [0, 0.1) is 0 Å². The van der Waals surface area contributed by atoms with E-state index in [4.69, 9.17) is 16.2 Å². The number of carbonyl (C=O) groups is 1. The Morgan fingerprint density at radius 1 is 1.35 bits per heavy atom. The maximum absolute atomic E-state index is 11.8. The Labute approximate surface area is 132 Å². The Bertz CT molecular complexity index is 866. The van der Waals surface area contributed by atoms with E-state index < -0.39 is 5.91 Å². The molecule has 23 heavy (non-hydrogen) atoms. The number of primary amides is 1. The highest BCUT2D eigenvalue weighted by Crippen LogP contribution is 2.30. The van der Waals surface area contributed by atoms with Gasteiger partial charge in [0, 0.05) is 23.9 Å². The van der Waals surface area contributed by atoms with E-state index in [1.54, 1.807) is 27.5 Å². The molecule has 0 aliphatic heterocycles. The fraction of sp³-hybridized carbons (Fsp3) is 0.267. The van der Waals surface area contributed by atoms with Crippen molar-refractivity contribution in [3.05, 3.63) is 36.3 Å². The molecule has 8 nitrogen and oxygen atoms in total. The van der Waals surface area contributed by atoms with Crippen LogP contribution < -0.4 is 11.5 Å². The van der Waals surface area contributed by atoms with Crippen LogP contribution in [0.5, 0.6) is 0 Å². The predicted octanol–water partition coefficient (Wildman–Crippen LogP) is 1.43. The van der Waals surface area contributed by atoms with E-state index in [1.807, 2.05) is 20.0 Å². The van der Waals surface area contributed by atoms with Gasteiger partial charge in [-0.15, -0.1) is 0 Å². The Kier molecular flexibility index (Phi) is 3.75. The number of aromatic nitrogens is 4. The highest BCUT2D eigenvalue weighted by Gasteiger charge is 2.18. The fourth-order valence-electron chi connectivity index (χ4n) is 2.55. The number of amides is 1. The SMILES string of the molecule is CCOC(C)n1cc(-c2c(C(N)=O)cnn3c(N)ccc23)cn1. The van der Waals surface area contributed by atoms with Crippen molar-refractivity contribution in [1.29, 1.82) is 0 Å². The summed E-state index contributed by atoms with van der Waals surface area (Å²) in [5.41, 5.74) is 13.8. The van der Waals surface area contributed by atoms with E-state index in [9.17, 15) is 4.79 Å². The van der Waals surface area contributed by atoms with E-state index in [0.717, 1.165) is 5.56 Å². The van der Waals surface area contributed by atoms with Gasteiger partial charge in [-0.1, -0.05) is 0 Å². The van der Waals surface area contributed by atoms with Crippen molar-refractivity contribution in [3.8, 4) is 11.1 Å². The fourth-order valence-corrected chi connectivity index (χ4v) is 2.55. The summed E-state index contributed by atoms with van der Waals surface area (Å²) >= 11 is 0. The minimum atomic E-state index is -0.555. The van der Waals surface area contributed by atoms with E-state index in [1.165, 1.54) is 6.20 Å². The van der Waals surface area contributed by atoms with Crippen molar-refractivity contribution < 1.29 is 9.53 Å². The summed E-state index contributed by atoms with van der Waals surface area (Å²) in [7, 11) is 0. The summed E-state index contributed by atoms with van der Waals surface area (Å²) in [6.45, 7) is 4.40. The molecule has 3 rings (SSSR count). The average Bonchev–Trinajstić information content (AvgIpc) is 3.14. The summed E-state index contributed by atoms with van der Waals surface area (Å²) in [6.07, 6.45) is 4.69. The lowest BCUT2D eigenvalue weighted by molar-refractivity contribution is 0.0160. The van der Waals surface area contributed by atoms with Crippen LogP contribution in [0.15, 0.2) is 30.7 Å². The van der Waals surface area contributed by atoms with Gasteiger partial charge >= 0.3 is 0 Å². The molecule has 1 unspecified atom stereocenters. The largest absolute Gasteiger partial charge is 0.384 e. The number of nitrogen functional groups attached to an aromatic ring is 1. The summed E-state index contributed by atoms with van der Waals surface area (Å²) in [5.74, 6) is -0.0762. The first-order chi connectivity index (χ1) is 11.0. The number of hydrogen-bond donors (Lipinski definition) is 2. The predicted molar refractivity (Wildman–Crippen MR) is 85.7 cm³/mol. The van der Waals surface area contributed by atoms with Crippen LogP contribution in [-0.2, 0) is 4.74 Å². The van der Waals surface area contributed by atoms with Crippen LogP contribution in [0.1, 0.15) is 30.4 Å². The number of carbonyl (C=O) groups excluding carboxylic acids is 1. The Balaban J connectivity index is 2.18. The van der Waals surface area contributed by atoms with Gasteiger partial charge in [-0.05, 0) is 26.0 Å². The molecule has 0 saturated carbocycles. The van der Waals surface area contributed by atoms with E-state index in [2.05, 4.69) is 10.2 Å². The second-order valence-electron chi connectivity index (χ2n) is 5.12. The van der Waals surface area contributed by atoms with Crippen LogP contribution in [-0.4, -0.2) is 31.9 Å². The van der Waals surface area contributed by atoms with E-state index >= 15 is 0 Å². The standard InChI is InChI=1S/C15H18N6O2/c1-3-23-9(2)20-8-10(6-18-20)14-11(15(17)22)7-19-21-12(14)4-5-13(21)16/h4-9H,3,16H2,1-2H3,(H2,17,22). The first-order valence-corrected chi connectivity index (χ1v) is 7.25. The summed E-state index contributed by atoms with van der Waals surface area (Å²) in [5, 5.41) is 8.46. The molecule has 0 spiro atoms. The summed E-state index contributed by atoms with van der Waals surface area (Å²) in [6, 6.07) is 3.53. The van der Waals surface area contributed by atoms with Crippen LogP contribution in [0.2, 0.25) is 0 Å². The van der Waals surface area contributed by atoms with Crippen LogP contribution in [0.4, 0.5) is 5.82 Å². The zero-order chi connectivity index (χ0) is 16.6. The van der Waals surface area contributed by atoms with Crippen LogP contribution in [0.3, 0.4) is 0 Å². The number of rotatable bonds is 5. The quantitative estimate of drug-likeness (QED) is 0.739. The van der Waals surface area contributed by atoms with Crippen molar-refractivity contribution in [2.45, 2.75) is 20.1 Å². The van der Waals surface area contributed by atoms with Gasteiger partial charge in [-0.3, -0.25) is 4.79 Å². The maximum Gasteiger partial charge on any atom is 0.251 e. The van der Waals surface area contributed by atoms with Crippen molar-refractivity contribution >= 4 is 17.2 Å². The van der Waals surface area contributed by atoms with E-state index in [-0.39, 0.29) is 6.23 Å². The zero-order valence-electron chi connectivity index (χ0n) is 12.9. The molecular formula is C15H18N6O2. The number of hydrogen-bond acceptors (Lipinski definition) is 5. The normalized spacial score (nSPS) is 12.6. The lowest BCUT2D eigenvalue weighted by Gasteiger charge is -2.11. The third-order valence-corrected chi connectivity index (χ3v) is 3.65. The van der Waals surface area contributed by atoms with Gasteiger partial charge < -0.3 is 16.2 Å². The molecule has 0 aromatic carbocycles. The monoisotopic (exact) mass is 314 g/mol. The van der Waals surface area contributed by atoms with Gasteiger partial charge in [0.1, 0.15) is 12.0 Å². The molecule has 0 bridgehead atoms. The lowest BCUT2D eigenvalue weighted by Crippen LogP contribution is -2.14. The van der Waals surface area contributed by atoms with Gasteiger partial charge in [-0.2, -0.15) is 10.2 Å². The number of fused-ring (bicyclic) bond motifs is 1. The van der Waals surface area contributed by atoms with E-state index in [0.29, 0.717) is 29.1 Å². The van der Waals surface area contributed by atoms with Gasteiger partial charge in [0.2, 0.25) is 0 Å². The van der Waals surface area contributed by atoms with Crippen LogP contribution >= 0.6 is 0 Å². The zero-order valence-corrected chi connectivity index (χ0v) is 12.9. The third kappa shape index (κ3) is 2.53. The second-order valence-corrected chi connectivity index (χ2v) is 5.12. The third-order valence-electron chi connectivity index (χ3n) is 3.65. The summed E-state index contributed by atoms with van der Waals surface area (Å²) in [4.78, 5) is 11.8. The molecule has 0 saturated heterocycles. The molecule has 4 N–H and O–H groups in total. The number of nitrogens with two attached hydrogens (primary N) is 2. The van der Waals surface area contributed by atoms with Gasteiger partial charge in [0.15, 0.2) is 0 Å². The second kappa shape index (κ2) is 5.73. The molecular weight excluding hydrogens is 296 g/mol. The molecule has 3 aromatic heterocycles. The van der Waals surface area contributed by atoms with Gasteiger partial charge in [0.05, 0.1) is 23.5 Å². The summed E-state index contributed by atoms with van der Waals surface area (Å²) < 4.78 is 8.77. The average molecular weight is 314 g/mol. The van der Waals surface area contributed by atoms with Gasteiger partial charge in [0.25, 0.3) is 5.91 Å². The molecule has 1 atom stereocenters. The van der Waals surface area contributed by atoms with Crippen molar-refractivity contribution in [2.75, 3.05) is 12.3 Å². The molecule has 8 heteroatoms. The van der Waals surface area contributed by atoms with Crippen LogP contribution in [0.25, 0.3) is 16.6 Å². The highest BCUT2D eigenvalue weighted by molar-refractivity contribution is 6.03. The minimum Gasteiger partial charge on any atom is -0.384 e. The molecule has 0 fully saturated rings. The molecule has 3 aromatic rings. The topological polar surface area (TPSA) is 113 Å². The number of nitrogens with zero attached hydrogens (tertiary/aromatic N) is 4. The molecule has 3 heterocycles. The molecule has 0 aliphatic rings. The van der Waals surface area contributed by atoms with Crippen molar-refractivity contribution in [2.24, 2.45) is 5.73 Å².